The molecule has 3 N–H and O–H groups in total. The van der Waals surface area contributed by atoms with E-state index in [1.807, 2.05) is 11.8 Å². The highest BCUT2D eigenvalue weighted by Gasteiger charge is 2.07. The van der Waals surface area contributed by atoms with Crippen molar-refractivity contribution in [2.45, 2.75) is 13.3 Å². The molecule has 0 radical (unpaired) electrons. The number of rotatable bonds is 7. The van der Waals surface area contributed by atoms with Crippen LogP contribution in [0.1, 0.15) is 23.7 Å². The molecule has 0 bridgehead atoms. The maximum absolute atomic E-state index is 11.4. The second kappa shape index (κ2) is 7.87. The van der Waals surface area contributed by atoms with E-state index in [-0.39, 0.29) is 5.97 Å². The van der Waals surface area contributed by atoms with Gasteiger partial charge in [0.15, 0.2) is 0 Å². The summed E-state index contributed by atoms with van der Waals surface area (Å²) in [5, 5.41) is 3.25. The van der Waals surface area contributed by atoms with Crippen molar-refractivity contribution in [3.63, 3.8) is 0 Å². The zero-order valence-corrected chi connectivity index (χ0v) is 11.7. The molecular formula is C13H20N2O2S. The zero-order valence-electron chi connectivity index (χ0n) is 10.9. The van der Waals surface area contributed by atoms with Gasteiger partial charge in [-0.25, -0.2) is 4.79 Å². The highest BCUT2D eigenvalue weighted by Crippen LogP contribution is 2.20. The van der Waals surface area contributed by atoms with Gasteiger partial charge >= 0.3 is 5.97 Å². The lowest BCUT2D eigenvalue weighted by molar-refractivity contribution is 0.0601. The Balaban J connectivity index is 2.56. The second-order valence-electron chi connectivity index (χ2n) is 3.77. The summed E-state index contributed by atoms with van der Waals surface area (Å²) in [6.45, 7) is 3.00. The van der Waals surface area contributed by atoms with Gasteiger partial charge in [0.25, 0.3) is 0 Å². The predicted molar refractivity (Wildman–Crippen MR) is 78.3 cm³/mol. The maximum atomic E-state index is 11.4. The van der Waals surface area contributed by atoms with Gasteiger partial charge in [-0.1, -0.05) is 6.92 Å². The second-order valence-corrected chi connectivity index (χ2v) is 5.16. The first-order valence-electron chi connectivity index (χ1n) is 5.98. The third kappa shape index (κ3) is 4.49. The molecule has 0 aliphatic carbocycles. The summed E-state index contributed by atoms with van der Waals surface area (Å²) in [6.07, 6.45) is 1.07. The number of methoxy groups -OCH3 is 1. The van der Waals surface area contributed by atoms with Gasteiger partial charge in [-0.3, -0.25) is 0 Å². The number of ether oxygens (including phenoxy) is 1. The van der Waals surface area contributed by atoms with Crippen LogP contribution in [0.4, 0.5) is 11.4 Å². The van der Waals surface area contributed by atoms with Gasteiger partial charge in [0, 0.05) is 6.54 Å². The van der Waals surface area contributed by atoms with Gasteiger partial charge in [0.2, 0.25) is 0 Å². The van der Waals surface area contributed by atoms with E-state index >= 15 is 0 Å². The molecule has 0 fully saturated rings. The first kappa shape index (κ1) is 14.7. The Hall–Kier alpha value is -1.36. The molecule has 0 amide bonds. The summed E-state index contributed by atoms with van der Waals surface area (Å²) in [6, 6.07) is 5.11. The number of thioether (sulfide) groups is 1. The van der Waals surface area contributed by atoms with Crippen molar-refractivity contribution in [3.05, 3.63) is 23.8 Å². The average molecular weight is 268 g/mol. The van der Waals surface area contributed by atoms with Crippen molar-refractivity contribution >= 4 is 29.1 Å². The molecule has 1 aromatic rings. The topological polar surface area (TPSA) is 64.3 Å². The Morgan fingerprint density at radius 3 is 2.94 bits per heavy atom. The minimum Gasteiger partial charge on any atom is -0.465 e. The molecule has 0 atom stereocenters. The number of nitrogen functional groups attached to an aromatic ring is 1. The van der Waals surface area contributed by atoms with E-state index in [4.69, 9.17) is 5.73 Å². The summed E-state index contributed by atoms with van der Waals surface area (Å²) in [5.74, 6) is 1.92. The van der Waals surface area contributed by atoms with Gasteiger partial charge in [0.05, 0.1) is 24.0 Å². The van der Waals surface area contributed by atoms with E-state index in [0.717, 1.165) is 30.2 Å². The van der Waals surface area contributed by atoms with Crippen molar-refractivity contribution in [3.8, 4) is 0 Å². The predicted octanol–water partition coefficient (Wildman–Crippen LogP) is 2.61. The molecule has 0 heterocycles. The molecule has 4 nitrogen and oxygen atoms in total. The molecule has 100 valence electrons. The van der Waals surface area contributed by atoms with Crippen LogP contribution in [0.5, 0.6) is 0 Å². The Bertz CT molecular complexity index is 397. The van der Waals surface area contributed by atoms with E-state index < -0.39 is 0 Å². The minimum atomic E-state index is -0.348. The fourth-order valence-corrected chi connectivity index (χ4v) is 2.13. The quantitative estimate of drug-likeness (QED) is 0.452. The van der Waals surface area contributed by atoms with E-state index in [2.05, 4.69) is 17.0 Å². The van der Waals surface area contributed by atoms with Crippen LogP contribution in [0.3, 0.4) is 0 Å². The number of carbonyl (C=O) groups is 1. The molecule has 18 heavy (non-hydrogen) atoms. The summed E-state index contributed by atoms with van der Waals surface area (Å²) >= 11 is 1.91. The number of anilines is 2. The van der Waals surface area contributed by atoms with Crippen molar-refractivity contribution in [1.29, 1.82) is 0 Å². The van der Waals surface area contributed by atoms with E-state index in [9.17, 15) is 4.79 Å². The molecular weight excluding hydrogens is 248 g/mol. The van der Waals surface area contributed by atoms with Crippen LogP contribution >= 0.6 is 11.8 Å². The fraction of sp³-hybridized carbons (Fsp3) is 0.462. The minimum absolute atomic E-state index is 0.348. The molecule has 0 unspecified atom stereocenters. The fourth-order valence-electron chi connectivity index (χ4n) is 1.50. The summed E-state index contributed by atoms with van der Waals surface area (Å²) < 4.78 is 4.68. The van der Waals surface area contributed by atoms with Crippen molar-refractivity contribution in [2.75, 3.05) is 36.2 Å². The van der Waals surface area contributed by atoms with Gasteiger partial charge < -0.3 is 15.8 Å². The SMILES string of the molecule is CCSCCCNc1cc(C(=O)OC)ccc1N. The van der Waals surface area contributed by atoms with Gasteiger partial charge in [-0.05, 0) is 36.1 Å². The van der Waals surface area contributed by atoms with Crippen LogP contribution in [0, 0.1) is 0 Å². The normalized spacial score (nSPS) is 10.1. The molecule has 1 aromatic carbocycles. The van der Waals surface area contributed by atoms with Gasteiger partial charge in [-0.2, -0.15) is 11.8 Å². The van der Waals surface area contributed by atoms with E-state index in [0.29, 0.717) is 11.3 Å². The van der Waals surface area contributed by atoms with Crippen LogP contribution in [0.15, 0.2) is 18.2 Å². The largest absolute Gasteiger partial charge is 0.465 e. The first-order chi connectivity index (χ1) is 8.69. The monoisotopic (exact) mass is 268 g/mol. The van der Waals surface area contributed by atoms with Crippen molar-refractivity contribution in [2.24, 2.45) is 0 Å². The summed E-state index contributed by atoms with van der Waals surface area (Å²) in [4.78, 5) is 11.4. The molecule has 1 rings (SSSR count). The lowest BCUT2D eigenvalue weighted by Crippen LogP contribution is -2.08. The van der Waals surface area contributed by atoms with Crippen LogP contribution in [-0.4, -0.2) is 31.1 Å². The molecule has 0 saturated carbocycles. The van der Waals surface area contributed by atoms with Gasteiger partial charge in [-0.15, -0.1) is 0 Å². The Kier molecular flexibility index (Phi) is 6.43. The maximum Gasteiger partial charge on any atom is 0.337 e. The molecule has 0 aromatic heterocycles. The van der Waals surface area contributed by atoms with Gasteiger partial charge in [0.1, 0.15) is 0 Å². The lowest BCUT2D eigenvalue weighted by Gasteiger charge is -2.10. The molecule has 0 aliphatic heterocycles. The Morgan fingerprint density at radius 1 is 1.50 bits per heavy atom. The number of nitrogens with two attached hydrogens (primary N) is 1. The zero-order chi connectivity index (χ0) is 13.4. The van der Waals surface area contributed by atoms with Crippen LogP contribution in [0.25, 0.3) is 0 Å². The van der Waals surface area contributed by atoms with E-state index in [1.54, 1.807) is 18.2 Å². The van der Waals surface area contributed by atoms with Crippen molar-refractivity contribution < 1.29 is 9.53 Å². The van der Waals surface area contributed by atoms with Crippen molar-refractivity contribution in [1.82, 2.24) is 0 Å². The molecule has 5 heteroatoms. The van der Waals surface area contributed by atoms with Crippen LogP contribution in [-0.2, 0) is 4.74 Å². The van der Waals surface area contributed by atoms with E-state index in [1.165, 1.54) is 7.11 Å². The third-order valence-corrected chi connectivity index (χ3v) is 3.45. The number of hydrogen-bond acceptors (Lipinski definition) is 5. The molecule has 0 spiro atoms. The Morgan fingerprint density at radius 2 is 2.28 bits per heavy atom. The van der Waals surface area contributed by atoms with Crippen LogP contribution < -0.4 is 11.1 Å². The number of nitrogens with one attached hydrogen (secondary N) is 1. The lowest BCUT2D eigenvalue weighted by atomic mass is 10.1. The highest BCUT2D eigenvalue weighted by atomic mass is 32.2. The molecule has 0 aliphatic rings. The highest BCUT2D eigenvalue weighted by molar-refractivity contribution is 7.99. The number of esters is 1. The number of carbonyl (C=O) groups excluding carboxylic acids is 1. The van der Waals surface area contributed by atoms with Crippen LogP contribution in [0.2, 0.25) is 0 Å². The summed E-state index contributed by atoms with van der Waals surface area (Å²) in [5.41, 5.74) is 7.80. The third-order valence-electron chi connectivity index (χ3n) is 2.46. The molecule has 0 saturated heterocycles. The number of benzene rings is 1. The summed E-state index contributed by atoms with van der Waals surface area (Å²) in [7, 11) is 1.37. The smallest absolute Gasteiger partial charge is 0.337 e. The standard InChI is InChI=1S/C13H20N2O2S/c1-3-18-8-4-7-15-12-9-10(13(16)17-2)5-6-11(12)14/h5-6,9,15H,3-4,7-8,14H2,1-2H3. The average Bonchev–Trinajstić information content (AvgIpc) is 2.39. The Labute approximate surface area is 112 Å². The number of hydrogen-bond donors (Lipinski definition) is 2. The first-order valence-corrected chi connectivity index (χ1v) is 7.14.